The van der Waals surface area contributed by atoms with Crippen molar-refractivity contribution < 1.29 is 29.1 Å². The Morgan fingerprint density at radius 1 is 1.03 bits per heavy atom. The zero-order valence-electron chi connectivity index (χ0n) is 18.5. The number of amides is 1. The van der Waals surface area contributed by atoms with E-state index in [2.05, 4.69) is 0 Å². The molecule has 0 fully saturated rings. The van der Waals surface area contributed by atoms with Crippen LogP contribution in [0.1, 0.15) is 31.0 Å². The maximum Gasteiger partial charge on any atom is 0.369 e. The van der Waals surface area contributed by atoms with Crippen LogP contribution in [0.4, 0.5) is 0 Å². The van der Waals surface area contributed by atoms with Crippen LogP contribution in [0.3, 0.4) is 0 Å². The second kappa shape index (κ2) is 9.66. The van der Waals surface area contributed by atoms with Crippen LogP contribution in [0, 0.1) is 0 Å². The molecule has 0 spiro atoms. The first kappa shape index (κ1) is 22.4. The van der Waals surface area contributed by atoms with E-state index >= 15 is 0 Å². The lowest BCUT2D eigenvalue weighted by molar-refractivity contribution is -0.724. The number of ether oxygens (including phenoxy) is 3. The van der Waals surface area contributed by atoms with Gasteiger partial charge in [-0.1, -0.05) is 24.3 Å². The first-order valence-electron chi connectivity index (χ1n) is 10.1. The number of carbonyl (C=O) groups excluding carboxylic acids is 2. The highest BCUT2D eigenvalue weighted by molar-refractivity contribution is 5.96. The molecule has 1 amide bonds. The van der Waals surface area contributed by atoms with Gasteiger partial charge in [0, 0.05) is 11.1 Å². The van der Waals surface area contributed by atoms with Crippen molar-refractivity contribution in [3.63, 3.8) is 0 Å². The number of hydrogen-bond acceptors (Lipinski definition) is 5. The Balaban J connectivity index is 1.93. The van der Waals surface area contributed by atoms with Gasteiger partial charge in [0.15, 0.2) is 6.17 Å². The highest BCUT2D eigenvalue weighted by atomic mass is 16.5. The third-order valence-electron chi connectivity index (χ3n) is 5.77. The first-order valence-corrected chi connectivity index (χ1v) is 10.1. The summed E-state index contributed by atoms with van der Waals surface area (Å²) >= 11 is 0. The quantitative estimate of drug-likeness (QED) is 0.656. The molecule has 1 aliphatic rings. The summed E-state index contributed by atoms with van der Waals surface area (Å²) < 4.78 is 15.8. The third kappa shape index (κ3) is 4.56. The van der Waals surface area contributed by atoms with E-state index in [1.54, 1.807) is 19.1 Å². The number of nitrogens with two attached hydrogens (primary N) is 1. The molecule has 2 aromatic rings. The zero-order chi connectivity index (χ0) is 22.5. The third-order valence-corrected chi connectivity index (χ3v) is 5.77. The summed E-state index contributed by atoms with van der Waals surface area (Å²) in [4.78, 5) is 27.5. The van der Waals surface area contributed by atoms with Crippen molar-refractivity contribution >= 4 is 11.9 Å². The molecular weight excluding hydrogens is 396 g/mol. The molecule has 0 bridgehead atoms. The summed E-state index contributed by atoms with van der Waals surface area (Å²) in [7, 11) is 4.55. The Morgan fingerprint density at radius 3 is 2.32 bits per heavy atom. The number of esters is 1. The van der Waals surface area contributed by atoms with E-state index in [4.69, 9.17) is 14.2 Å². The number of para-hydroxylation sites is 1. The molecule has 1 aliphatic heterocycles. The molecule has 0 aromatic heterocycles. The molecule has 2 aromatic carbocycles. The highest BCUT2D eigenvalue weighted by Gasteiger charge is 2.41. The van der Waals surface area contributed by atoms with Crippen molar-refractivity contribution in [1.29, 1.82) is 0 Å². The normalized spacial score (nSPS) is 17.0. The van der Waals surface area contributed by atoms with E-state index in [0.29, 0.717) is 23.4 Å². The number of methoxy groups -OCH3 is 3. The smallest absolute Gasteiger partial charge is 0.369 e. The van der Waals surface area contributed by atoms with Crippen LogP contribution >= 0.6 is 0 Å². The van der Waals surface area contributed by atoms with Crippen LogP contribution in [0.25, 0.3) is 0 Å². The summed E-state index contributed by atoms with van der Waals surface area (Å²) in [6.07, 6.45) is -0.344. The fourth-order valence-electron chi connectivity index (χ4n) is 3.85. The second-order valence-electron chi connectivity index (χ2n) is 7.47. The lowest BCUT2D eigenvalue weighted by atomic mass is 10.0. The monoisotopic (exact) mass is 425 g/mol. The van der Waals surface area contributed by atoms with Crippen LogP contribution in [0.5, 0.6) is 11.5 Å². The fourth-order valence-corrected chi connectivity index (χ4v) is 3.85. The molecule has 0 saturated heterocycles. The summed E-state index contributed by atoms with van der Waals surface area (Å²) in [5.41, 5.74) is 3.29. The van der Waals surface area contributed by atoms with E-state index in [0.717, 1.165) is 16.9 Å². The van der Waals surface area contributed by atoms with Crippen molar-refractivity contribution in [1.82, 2.24) is 4.90 Å². The Kier molecular flexibility index (Phi) is 6.97. The molecule has 0 unspecified atom stereocenters. The van der Waals surface area contributed by atoms with Gasteiger partial charge in [-0.2, -0.15) is 0 Å². The maximum atomic E-state index is 13.0. The fraction of sp³-hybridized carbons (Fsp3) is 0.333. The number of carbonyl (C=O) groups is 2. The van der Waals surface area contributed by atoms with Crippen LogP contribution in [-0.4, -0.2) is 44.3 Å². The van der Waals surface area contributed by atoms with Gasteiger partial charge in [-0.25, -0.2) is 4.79 Å². The second-order valence-corrected chi connectivity index (χ2v) is 7.47. The molecule has 1 heterocycles. The predicted octanol–water partition coefficient (Wildman–Crippen LogP) is 2.19. The van der Waals surface area contributed by atoms with E-state index in [1.807, 2.05) is 67.7 Å². The molecule has 0 radical (unpaired) electrons. The van der Waals surface area contributed by atoms with Crippen LogP contribution < -0.4 is 14.8 Å². The van der Waals surface area contributed by atoms with Crippen LogP contribution in [-0.2, 0) is 20.9 Å². The molecule has 2 atom stereocenters. The number of benzene rings is 2. The molecular formula is C24H29N2O5+. The Bertz CT molecular complexity index is 984. The van der Waals surface area contributed by atoms with Crippen molar-refractivity contribution in [2.24, 2.45) is 0 Å². The van der Waals surface area contributed by atoms with Crippen molar-refractivity contribution in [3.05, 3.63) is 70.8 Å². The first-order chi connectivity index (χ1) is 14.9. The molecule has 7 heteroatoms. The highest BCUT2D eigenvalue weighted by Crippen LogP contribution is 2.27. The minimum atomic E-state index is -0.682. The van der Waals surface area contributed by atoms with Crippen LogP contribution in [0.15, 0.2) is 59.7 Å². The SMILES string of the molecule is COC(=O)[C@H]([NH2+][C@H]1C(C)=C(C)C(=O)N1Cc1ccc(OC)cc1)c1ccccc1OC. The predicted molar refractivity (Wildman–Crippen MR) is 115 cm³/mol. The van der Waals surface area contributed by atoms with Gasteiger partial charge in [-0.3, -0.25) is 9.69 Å². The summed E-state index contributed by atoms with van der Waals surface area (Å²) in [6.45, 7) is 4.17. The summed E-state index contributed by atoms with van der Waals surface area (Å²) in [6, 6.07) is 14.3. The average molecular weight is 426 g/mol. The molecule has 0 saturated carbocycles. The van der Waals surface area contributed by atoms with Gasteiger partial charge in [0.2, 0.25) is 6.04 Å². The molecule has 2 N–H and O–H groups in total. The topological polar surface area (TPSA) is 81.7 Å². The lowest BCUT2D eigenvalue weighted by Gasteiger charge is -2.28. The van der Waals surface area contributed by atoms with Gasteiger partial charge in [0.1, 0.15) is 11.5 Å². The van der Waals surface area contributed by atoms with Gasteiger partial charge in [0.25, 0.3) is 5.91 Å². The molecule has 3 rings (SSSR count). The number of quaternary nitrogens is 1. The Morgan fingerprint density at radius 2 is 1.71 bits per heavy atom. The van der Waals surface area contributed by atoms with Gasteiger partial charge < -0.3 is 19.5 Å². The minimum absolute atomic E-state index is 0.0433. The van der Waals surface area contributed by atoms with E-state index in [9.17, 15) is 9.59 Å². The zero-order valence-corrected chi connectivity index (χ0v) is 18.5. The van der Waals surface area contributed by atoms with E-state index in [-0.39, 0.29) is 12.1 Å². The number of nitrogens with zero attached hydrogens (tertiary/aromatic N) is 1. The van der Waals surface area contributed by atoms with Crippen LogP contribution in [0.2, 0.25) is 0 Å². The average Bonchev–Trinajstić information content (AvgIpc) is 3.00. The number of hydrogen-bond donors (Lipinski definition) is 1. The van der Waals surface area contributed by atoms with E-state index in [1.165, 1.54) is 7.11 Å². The van der Waals surface area contributed by atoms with Crippen molar-refractivity contribution in [3.8, 4) is 11.5 Å². The van der Waals surface area contributed by atoms with Gasteiger partial charge in [0.05, 0.1) is 33.4 Å². The molecule has 31 heavy (non-hydrogen) atoms. The van der Waals surface area contributed by atoms with E-state index < -0.39 is 12.0 Å². The Labute approximate surface area is 182 Å². The Hall–Kier alpha value is -3.32. The lowest BCUT2D eigenvalue weighted by Crippen LogP contribution is -2.95. The van der Waals surface area contributed by atoms with Crippen molar-refractivity contribution in [2.75, 3.05) is 21.3 Å². The van der Waals surface area contributed by atoms with Gasteiger partial charge in [-0.15, -0.1) is 0 Å². The maximum absolute atomic E-state index is 13.0. The summed E-state index contributed by atoms with van der Waals surface area (Å²) in [5, 5.41) is 1.87. The summed E-state index contributed by atoms with van der Waals surface area (Å²) in [5.74, 6) is 0.905. The number of rotatable bonds is 8. The standard InChI is InChI=1S/C24H28N2O5/c1-15-16(2)23(27)26(14-17-10-12-18(29-3)13-11-17)22(15)25-21(24(28)31-5)19-8-6-7-9-20(19)30-4/h6-13,21-22,25H,14H2,1-5H3/p+1/t21-,22-/m1/s1. The van der Waals surface area contributed by atoms with Gasteiger partial charge in [-0.05, 0) is 43.7 Å². The largest absolute Gasteiger partial charge is 0.497 e. The molecule has 164 valence electrons. The molecule has 0 aliphatic carbocycles. The van der Waals surface area contributed by atoms with Gasteiger partial charge >= 0.3 is 5.97 Å². The minimum Gasteiger partial charge on any atom is -0.497 e. The molecule has 7 nitrogen and oxygen atoms in total. The van der Waals surface area contributed by atoms with Crippen molar-refractivity contribution in [2.45, 2.75) is 32.6 Å².